The molecule has 6 nitrogen and oxygen atoms in total. The molecule has 3 rings (SSSR count). The zero-order chi connectivity index (χ0) is 23.1. The Morgan fingerprint density at radius 2 is 1.78 bits per heavy atom. The van der Waals surface area contributed by atoms with Crippen LogP contribution in [0.15, 0.2) is 54.6 Å². The molecule has 168 valence electrons. The van der Waals surface area contributed by atoms with Crippen molar-refractivity contribution >= 4 is 17.4 Å². The van der Waals surface area contributed by atoms with E-state index in [-0.39, 0.29) is 11.7 Å². The lowest BCUT2D eigenvalue weighted by molar-refractivity contribution is 0.102. The Morgan fingerprint density at radius 3 is 2.44 bits per heavy atom. The van der Waals surface area contributed by atoms with Crippen LogP contribution in [0.1, 0.15) is 59.8 Å². The molecule has 1 aromatic heterocycles. The van der Waals surface area contributed by atoms with Gasteiger partial charge in [0.15, 0.2) is 0 Å². The second-order valence-corrected chi connectivity index (χ2v) is 7.78. The van der Waals surface area contributed by atoms with Crippen LogP contribution in [0, 0.1) is 6.92 Å². The summed E-state index contributed by atoms with van der Waals surface area (Å²) >= 11 is 0. The van der Waals surface area contributed by atoms with Crippen molar-refractivity contribution in [1.82, 2.24) is 4.98 Å². The topological polar surface area (TPSA) is 86.5 Å². The number of benzene rings is 2. The average molecular weight is 434 g/mol. The number of nitrogens with two attached hydrogens (primary N) is 1. The van der Waals surface area contributed by atoms with Gasteiger partial charge in [0.1, 0.15) is 17.3 Å². The van der Waals surface area contributed by atoms with Gasteiger partial charge in [0.2, 0.25) is 0 Å². The van der Waals surface area contributed by atoms with Gasteiger partial charge in [-0.25, -0.2) is 4.98 Å². The van der Waals surface area contributed by atoms with Crippen LogP contribution < -0.4 is 15.8 Å². The number of carbonyl (C=O) groups is 1. The monoisotopic (exact) mass is 433 g/mol. The van der Waals surface area contributed by atoms with E-state index in [0.29, 0.717) is 29.5 Å². The molecular weight excluding hydrogens is 402 g/mol. The van der Waals surface area contributed by atoms with E-state index in [1.54, 1.807) is 25.3 Å². The van der Waals surface area contributed by atoms with Crippen molar-refractivity contribution in [2.75, 3.05) is 18.2 Å². The SMILES string of the molecule is CCC(CC)c1cccc(Oc2ccc(NC(=O)c3cc(C)c(COC)nc3N)cc2)c1. The molecule has 0 aliphatic carbocycles. The van der Waals surface area contributed by atoms with E-state index < -0.39 is 0 Å². The fourth-order valence-corrected chi connectivity index (χ4v) is 3.67. The Morgan fingerprint density at radius 1 is 1.06 bits per heavy atom. The third-order valence-electron chi connectivity index (χ3n) is 5.54. The largest absolute Gasteiger partial charge is 0.457 e. The smallest absolute Gasteiger partial charge is 0.259 e. The van der Waals surface area contributed by atoms with Crippen LogP contribution in [0.3, 0.4) is 0 Å². The van der Waals surface area contributed by atoms with Gasteiger partial charge in [-0.05, 0) is 79.3 Å². The highest BCUT2D eigenvalue weighted by molar-refractivity contribution is 6.07. The van der Waals surface area contributed by atoms with E-state index >= 15 is 0 Å². The van der Waals surface area contributed by atoms with Crippen molar-refractivity contribution in [3.05, 3.63) is 77.0 Å². The number of pyridine rings is 1. The third-order valence-corrected chi connectivity index (χ3v) is 5.54. The van der Waals surface area contributed by atoms with Crippen LogP contribution in [-0.4, -0.2) is 18.0 Å². The number of carbonyl (C=O) groups excluding carboxylic acids is 1. The van der Waals surface area contributed by atoms with Crippen LogP contribution in [0.4, 0.5) is 11.5 Å². The summed E-state index contributed by atoms with van der Waals surface area (Å²) in [7, 11) is 1.59. The minimum Gasteiger partial charge on any atom is -0.457 e. The summed E-state index contributed by atoms with van der Waals surface area (Å²) in [4.78, 5) is 17.0. The number of nitrogens with zero attached hydrogens (tertiary/aromatic N) is 1. The molecule has 0 atom stereocenters. The zero-order valence-corrected chi connectivity index (χ0v) is 19.1. The molecular formula is C26H31N3O3. The summed E-state index contributed by atoms with van der Waals surface area (Å²) in [5.41, 5.74) is 9.83. The number of rotatable bonds is 9. The fraction of sp³-hybridized carbons (Fsp3) is 0.308. The van der Waals surface area contributed by atoms with Gasteiger partial charge in [-0.3, -0.25) is 4.79 Å². The maximum atomic E-state index is 12.7. The molecule has 1 heterocycles. The number of amides is 1. The Bertz CT molecular complexity index is 1060. The van der Waals surface area contributed by atoms with Crippen molar-refractivity contribution in [2.24, 2.45) is 0 Å². The van der Waals surface area contributed by atoms with E-state index in [0.717, 1.165) is 29.8 Å². The van der Waals surface area contributed by atoms with Gasteiger partial charge in [0, 0.05) is 12.8 Å². The minimum absolute atomic E-state index is 0.178. The molecule has 0 fully saturated rings. The predicted octanol–water partition coefficient (Wildman–Crippen LogP) is 6.07. The highest BCUT2D eigenvalue weighted by Gasteiger charge is 2.14. The van der Waals surface area contributed by atoms with Gasteiger partial charge in [-0.2, -0.15) is 0 Å². The van der Waals surface area contributed by atoms with Crippen LogP contribution in [0.5, 0.6) is 11.5 Å². The van der Waals surface area contributed by atoms with Crippen molar-refractivity contribution in [3.63, 3.8) is 0 Å². The summed E-state index contributed by atoms with van der Waals surface area (Å²) in [6.07, 6.45) is 2.20. The number of nitrogens with one attached hydrogen (secondary N) is 1. The van der Waals surface area contributed by atoms with E-state index in [1.807, 2.05) is 31.2 Å². The zero-order valence-electron chi connectivity index (χ0n) is 19.1. The molecule has 2 aromatic carbocycles. The molecule has 0 radical (unpaired) electrons. The Labute approximate surface area is 189 Å². The van der Waals surface area contributed by atoms with Crippen LogP contribution in [-0.2, 0) is 11.3 Å². The maximum absolute atomic E-state index is 12.7. The number of hydrogen-bond acceptors (Lipinski definition) is 5. The van der Waals surface area contributed by atoms with Gasteiger partial charge >= 0.3 is 0 Å². The van der Waals surface area contributed by atoms with Crippen molar-refractivity contribution in [2.45, 2.75) is 46.1 Å². The van der Waals surface area contributed by atoms with Crippen LogP contribution in [0.25, 0.3) is 0 Å². The van der Waals surface area contributed by atoms with Gasteiger partial charge in [-0.1, -0.05) is 26.0 Å². The lowest BCUT2D eigenvalue weighted by Gasteiger charge is -2.14. The van der Waals surface area contributed by atoms with Crippen LogP contribution in [0.2, 0.25) is 0 Å². The predicted molar refractivity (Wildman–Crippen MR) is 128 cm³/mol. The first-order valence-corrected chi connectivity index (χ1v) is 10.9. The molecule has 3 N–H and O–H groups in total. The second kappa shape index (κ2) is 10.8. The number of aromatic nitrogens is 1. The summed E-state index contributed by atoms with van der Waals surface area (Å²) in [5.74, 6) is 1.90. The maximum Gasteiger partial charge on any atom is 0.259 e. The lowest BCUT2D eigenvalue weighted by Crippen LogP contribution is -2.16. The molecule has 0 bridgehead atoms. The molecule has 0 aliphatic heterocycles. The molecule has 0 saturated carbocycles. The summed E-state index contributed by atoms with van der Waals surface area (Å²) in [5, 5.41) is 2.86. The highest BCUT2D eigenvalue weighted by Crippen LogP contribution is 2.29. The number of nitrogen functional groups attached to an aromatic ring is 1. The number of anilines is 2. The summed E-state index contributed by atoms with van der Waals surface area (Å²) < 4.78 is 11.1. The molecule has 1 amide bonds. The first-order valence-electron chi connectivity index (χ1n) is 10.9. The quantitative estimate of drug-likeness (QED) is 0.428. The van der Waals surface area contributed by atoms with Gasteiger partial charge in [0.25, 0.3) is 5.91 Å². The van der Waals surface area contributed by atoms with Gasteiger partial charge in [-0.15, -0.1) is 0 Å². The molecule has 6 heteroatoms. The number of aryl methyl sites for hydroxylation is 1. The third kappa shape index (κ3) is 5.65. The van der Waals surface area contributed by atoms with Crippen LogP contribution >= 0.6 is 0 Å². The molecule has 0 unspecified atom stereocenters. The first kappa shape index (κ1) is 23.3. The molecule has 0 saturated heterocycles. The number of methoxy groups -OCH3 is 1. The first-order chi connectivity index (χ1) is 15.4. The van der Waals surface area contributed by atoms with E-state index in [9.17, 15) is 4.79 Å². The van der Waals surface area contributed by atoms with E-state index in [1.165, 1.54) is 5.56 Å². The van der Waals surface area contributed by atoms with Crippen molar-refractivity contribution < 1.29 is 14.3 Å². The Hall–Kier alpha value is -3.38. The molecule has 0 aliphatic rings. The van der Waals surface area contributed by atoms with Crippen molar-refractivity contribution in [3.8, 4) is 11.5 Å². The van der Waals surface area contributed by atoms with Crippen molar-refractivity contribution in [1.29, 1.82) is 0 Å². The number of hydrogen-bond donors (Lipinski definition) is 2. The minimum atomic E-state index is -0.311. The second-order valence-electron chi connectivity index (χ2n) is 7.78. The fourth-order valence-electron chi connectivity index (χ4n) is 3.67. The Kier molecular flexibility index (Phi) is 7.84. The highest BCUT2D eigenvalue weighted by atomic mass is 16.5. The number of ether oxygens (including phenoxy) is 2. The molecule has 32 heavy (non-hydrogen) atoms. The van der Waals surface area contributed by atoms with E-state index in [4.69, 9.17) is 15.2 Å². The van der Waals surface area contributed by atoms with Gasteiger partial charge in [0.05, 0.1) is 17.9 Å². The van der Waals surface area contributed by atoms with E-state index in [2.05, 4.69) is 36.3 Å². The summed E-state index contributed by atoms with van der Waals surface area (Å²) in [6.45, 7) is 6.63. The molecule has 0 spiro atoms. The summed E-state index contributed by atoms with van der Waals surface area (Å²) in [6, 6.07) is 17.2. The van der Waals surface area contributed by atoms with Gasteiger partial charge < -0.3 is 20.5 Å². The molecule has 3 aromatic rings. The standard InChI is InChI=1S/C26H31N3O3/c1-5-18(6-2)19-8-7-9-22(15-19)32-21-12-10-20(11-13-21)28-26(30)23-14-17(3)24(16-31-4)29-25(23)27/h7-15,18H,5-6,16H2,1-4H3,(H2,27,29)(H,28,30). The average Bonchev–Trinajstić information content (AvgIpc) is 2.78. The lowest BCUT2D eigenvalue weighted by atomic mass is 9.94. The Balaban J connectivity index is 1.68. The normalized spacial score (nSPS) is 10.9.